The first-order valence-electron chi connectivity index (χ1n) is 8.21. The fourth-order valence-corrected chi connectivity index (χ4v) is 5.17. The van der Waals surface area contributed by atoms with Gasteiger partial charge in [0.05, 0.1) is 22.1 Å². The Balaban J connectivity index is 1.62. The number of benzene rings is 2. The molecular weight excluding hydrogens is 322 g/mol. The van der Waals surface area contributed by atoms with Crippen molar-refractivity contribution in [3.63, 3.8) is 0 Å². The van der Waals surface area contributed by atoms with Crippen LogP contribution < -0.4 is 5.32 Å². The molecule has 1 N–H and O–H groups in total. The molecule has 2 aromatic rings. The van der Waals surface area contributed by atoms with Gasteiger partial charge in [-0.05, 0) is 36.5 Å². The SMILES string of the molecule is O=C(NC1(c2ccccc2)CC1)C1CCS(=O)(=O)c2ccccc21. The number of fused-ring (bicyclic) bond motifs is 1. The summed E-state index contributed by atoms with van der Waals surface area (Å²) in [5.74, 6) is -0.440. The Kier molecular flexibility index (Phi) is 3.49. The molecule has 1 aliphatic heterocycles. The molecule has 0 aromatic heterocycles. The predicted octanol–water partition coefficient (Wildman–Crippen LogP) is 2.75. The highest BCUT2D eigenvalue weighted by atomic mass is 32.2. The van der Waals surface area contributed by atoms with Crippen LogP contribution in [-0.4, -0.2) is 20.1 Å². The average molecular weight is 341 g/mol. The minimum Gasteiger partial charge on any atom is -0.346 e. The molecule has 0 saturated heterocycles. The Bertz CT molecular complexity index is 886. The molecule has 124 valence electrons. The Labute approximate surface area is 141 Å². The van der Waals surface area contributed by atoms with Gasteiger partial charge >= 0.3 is 0 Å². The molecule has 2 aromatic carbocycles. The summed E-state index contributed by atoms with van der Waals surface area (Å²) in [6, 6.07) is 16.9. The van der Waals surface area contributed by atoms with Crippen molar-refractivity contribution in [3.8, 4) is 0 Å². The van der Waals surface area contributed by atoms with Crippen LogP contribution in [0.25, 0.3) is 0 Å². The van der Waals surface area contributed by atoms with Crippen LogP contribution in [0.15, 0.2) is 59.5 Å². The highest BCUT2D eigenvalue weighted by molar-refractivity contribution is 7.91. The number of sulfone groups is 1. The standard InChI is InChI=1S/C19H19NO3S/c21-18(20-19(11-12-19)14-6-2-1-3-7-14)16-10-13-24(22,23)17-9-5-4-8-15(16)17/h1-9,16H,10-13H2,(H,20,21). The molecule has 0 radical (unpaired) electrons. The van der Waals surface area contributed by atoms with Gasteiger partial charge in [-0.1, -0.05) is 48.5 Å². The molecular formula is C19H19NO3S. The van der Waals surface area contributed by atoms with Crippen LogP contribution in [0.2, 0.25) is 0 Å². The molecule has 1 amide bonds. The van der Waals surface area contributed by atoms with Gasteiger partial charge < -0.3 is 5.32 Å². The van der Waals surface area contributed by atoms with E-state index in [0.717, 1.165) is 18.4 Å². The quantitative estimate of drug-likeness (QED) is 0.934. The average Bonchev–Trinajstić information content (AvgIpc) is 3.36. The number of carbonyl (C=O) groups excluding carboxylic acids is 1. The molecule has 0 bridgehead atoms. The van der Waals surface area contributed by atoms with Crippen molar-refractivity contribution >= 4 is 15.7 Å². The third-order valence-electron chi connectivity index (χ3n) is 5.06. The molecule has 4 rings (SSSR count). The van der Waals surface area contributed by atoms with E-state index in [1.165, 1.54) is 0 Å². The Morgan fingerprint density at radius 2 is 1.67 bits per heavy atom. The Morgan fingerprint density at radius 3 is 2.38 bits per heavy atom. The van der Waals surface area contributed by atoms with E-state index in [9.17, 15) is 13.2 Å². The molecule has 1 heterocycles. The van der Waals surface area contributed by atoms with E-state index in [-0.39, 0.29) is 17.2 Å². The number of amides is 1. The molecule has 4 nitrogen and oxygen atoms in total. The summed E-state index contributed by atoms with van der Waals surface area (Å²) < 4.78 is 24.5. The van der Waals surface area contributed by atoms with E-state index in [1.54, 1.807) is 24.3 Å². The van der Waals surface area contributed by atoms with Crippen molar-refractivity contribution in [3.05, 3.63) is 65.7 Å². The summed E-state index contributed by atoms with van der Waals surface area (Å²) in [5, 5.41) is 3.19. The van der Waals surface area contributed by atoms with Gasteiger partial charge in [0.15, 0.2) is 9.84 Å². The van der Waals surface area contributed by atoms with Crippen molar-refractivity contribution < 1.29 is 13.2 Å². The lowest BCUT2D eigenvalue weighted by molar-refractivity contribution is -0.123. The Hall–Kier alpha value is -2.14. The minimum absolute atomic E-state index is 0.0282. The van der Waals surface area contributed by atoms with Crippen molar-refractivity contribution in [1.82, 2.24) is 5.32 Å². The van der Waals surface area contributed by atoms with E-state index in [1.807, 2.05) is 30.3 Å². The van der Waals surface area contributed by atoms with Crippen LogP contribution in [0.3, 0.4) is 0 Å². The molecule has 1 fully saturated rings. The lowest BCUT2D eigenvalue weighted by Crippen LogP contribution is -2.40. The molecule has 1 aliphatic carbocycles. The van der Waals surface area contributed by atoms with Gasteiger partial charge in [-0.3, -0.25) is 4.79 Å². The zero-order valence-corrected chi connectivity index (χ0v) is 14.1. The van der Waals surface area contributed by atoms with Crippen molar-refractivity contribution in [2.45, 2.75) is 35.6 Å². The van der Waals surface area contributed by atoms with Crippen LogP contribution in [0.1, 0.15) is 36.3 Å². The first kappa shape index (κ1) is 15.4. The molecule has 24 heavy (non-hydrogen) atoms. The van der Waals surface area contributed by atoms with Gasteiger partial charge in [-0.15, -0.1) is 0 Å². The highest BCUT2D eigenvalue weighted by Gasteiger charge is 2.47. The summed E-state index contributed by atoms with van der Waals surface area (Å²) in [4.78, 5) is 13.2. The number of hydrogen-bond acceptors (Lipinski definition) is 3. The largest absolute Gasteiger partial charge is 0.346 e. The summed E-state index contributed by atoms with van der Waals surface area (Å²) in [6.45, 7) is 0. The van der Waals surface area contributed by atoms with Gasteiger partial charge in [0, 0.05) is 0 Å². The number of carbonyl (C=O) groups is 1. The zero-order valence-electron chi connectivity index (χ0n) is 13.2. The van der Waals surface area contributed by atoms with Crippen molar-refractivity contribution in [1.29, 1.82) is 0 Å². The number of hydrogen-bond donors (Lipinski definition) is 1. The van der Waals surface area contributed by atoms with Gasteiger partial charge in [-0.25, -0.2) is 8.42 Å². The topological polar surface area (TPSA) is 63.2 Å². The molecule has 1 atom stereocenters. The second kappa shape index (κ2) is 5.45. The van der Waals surface area contributed by atoms with E-state index in [2.05, 4.69) is 5.32 Å². The minimum atomic E-state index is -3.27. The van der Waals surface area contributed by atoms with Crippen LogP contribution in [-0.2, 0) is 20.2 Å². The van der Waals surface area contributed by atoms with Crippen LogP contribution in [0.4, 0.5) is 0 Å². The van der Waals surface area contributed by atoms with Gasteiger partial charge in [-0.2, -0.15) is 0 Å². The van der Waals surface area contributed by atoms with Crippen LogP contribution >= 0.6 is 0 Å². The maximum atomic E-state index is 12.9. The lowest BCUT2D eigenvalue weighted by Gasteiger charge is -2.27. The lowest BCUT2D eigenvalue weighted by atomic mass is 9.93. The van der Waals surface area contributed by atoms with Crippen molar-refractivity contribution in [2.75, 3.05) is 5.75 Å². The third-order valence-corrected chi connectivity index (χ3v) is 6.88. The first-order chi connectivity index (χ1) is 11.5. The van der Waals surface area contributed by atoms with Crippen molar-refractivity contribution in [2.24, 2.45) is 0 Å². The summed E-state index contributed by atoms with van der Waals surface area (Å²) in [6.07, 6.45) is 2.20. The molecule has 0 spiro atoms. The normalized spacial score (nSPS) is 23.1. The van der Waals surface area contributed by atoms with E-state index >= 15 is 0 Å². The summed E-state index contributed by atoms with van der Waals surface area (Å²) >= 11 is 0. The van der Waals surface area contributed by atoms with Crippen LogP contribution in [0.5, 0.6) is 0 Å². The second-order valence-corrected chi connectivity index (χ2v) is 8.71. The smallest absolute Gasteiger partial charge is 0.228 e. The zero-order chi connectivity index (χ0) is 16.8. The van der Waals surface area contributed by atoms with Gasteiger partial charge in [0.1, 0.15) is 0 Å². The molecule has 5 heteroatoms. The molecule has 1 unspecified atom stereocenters. The summed E-state index contributed by atoms with van der Waals surface area (Å²) in [5.41, 5.74) is 1.48. The van der Waals surface area contributed by atoms with Gasteiger partial charge in [0.2, 0.25) is 5.91 Å². The van der Waals surface area contributed by atoms with Crippen LogP contribution in [0, 0.1) is 0 Å². The third kappa shape index (κ3) is 2.53. The maximum Gasteiger partial charge on any atom is 0.228 e. The van der Waals surface area contributed by atoms with E-state index in [4.69, 9.17) is 0 Å². The van der Waals surface area contributed by atoms with Gasteiger partial charge in [0.25, 0.3) is 0 Å². The summed E-state index contributed by atoms with van der Waals surface area (Å²) in [7, 11) is -3.27. The number of nitrogens with one attached hydrogen (secondary N) is 1. The molecule has 2 aliphatic rings. The highest BCUT2D eigenvalue weighted by Crippen LogP contribution is 2.46. The van der Waals surface area contributed by atoms with E-state index < -0.39 is 15.8 Å². The monoisotopic (exact) mass is 341 g/mol. The Morgan fingerprint density at radius 1 is 1.00 bits per heavy atom. The maximum absolute atomic E-state index is 12.9. The fourth-order valence-electron chi connectivity index (χ4n) is 3.55. The molecule has 1 saturated carbocycles. The first-order valence-corrected chi connectivity index (χ1v) is 9.86. The second-order valence-electron chi connectivity index (χ2n) is 6.64. The predicted molar refractivity (Wildman–Crippen MR) is 91.3 cm³/mol. The van der Waals surface area contributed by atoms with E-state index in [0.29, 0.717) is 16.9 Å². The fraction of sp³-hybridized carbons (Fsp3) is 0.316. The number of rotatable bonds is 3.